The van der Waals surface area contributed by atoms with Crippen LogP contribution in [0.3, 0.4) is 0 Å². The standard InChI is InChI=1S/C14H23FN2O2S/c1-9(14(3,4)5)8-17-20(18,19)13-7-11(16)6-12(15)10(13)2/h6-7,9,17H,8,16H2,1-5H3. The third-order valence-corrected chi connectivity index (χ3v) is 5.22. The van der Waals surface area contributed by atoms with Crippen LogP contribution in [0.1, 0.15) is 33.3 Å². The van der Waals surface area contributed by atoms with Crippen LogP contribution >= 0.6 is 0 Å². The van der Waals surface area contributed by atoms with Gasteiger partial charge in [0.1, 0.15) is 5.82 Å². The second kappa shape index (κ2) is 5.69. The highest BCUT2D eigenvalue weighted by atomic mass is 32.2. The number of nitrogen functional groups attached to an aromatic ring is 1. The molecular weight excluding hydrogens is 279 g/mol. The molecule has 0 aliphatic heterocycles. The van der Waals surface area contributed by atoms with Crippen molar-refractivity contribution in [1.82, 2.24) is 4.72 Å². The van der Waals surface area contributed by atoms with Gasteiger partial charge in [-0.05, 0) is 30.4 Å². The summed E-state index contributed by atoms with van der Waals surface area (Å²) in [5.74, 6) is -0.474. The summed E-state index contributed by atoms with van der Waals surface area (Å²) in [6, 6.07) is 2.40. The minimum absolute atomic E-state index is 0.0153. The van der Waals surface area contributed by atoms with Crippen LogP contribution in [0.25, 0.3) is 0 Å². The molecule has 0 heterocycles. The molecule has 0 bridgehead atoms. The SMILES string of the molecule is Cc1c(F)cc(N)cc1S(=O)(=O)NCC(C)C(C)(C)C. The van der Waals surface area contributed by atoms with Gasteiger partial charge in [-0.3, -0.25) is 0 Å². The van der Waals surface area contributed by atoms with Gasteiger partial charge in [-0.25, -0.2) is 17.5 Å². The fourth-order valence-electron chi connectivity index (χ4n) is 1.57. The molecule has 1 rings (SSSR count). The van der Waals surface area contributed by atoms with E-state index in [9.17, 15) is 12.8 Å². The van der Waals surface area contributed by atoms with Crippen LogP contribution in [0.5, 0.6) is 0 Å². The second-order valence-electron chi connectivity index (χ2n) is 6.24. The predicted octanol–water partition coefficient (Wildman–Crippen LogP) is 2.68. The van der Waals surface area contributed by atoms with Gasteiger partial charge in [0.2, 0.25) is 10.0 Å². The average molecular weight is 302 g/mol. The zero-order valence-corrected chi connectivity index (χ0v) is 13.4. The van der Waals surface area contributed by atoms with Gasteiger partial charge in [-0.2, -0.15) is 0 Å². The summed E-state index contributed by atoms with van der Waals surface area (Å²) in [5.41, 5.74) is 5.68. The second-order valence-corrected chi connectivity index (χ2v) is 7.98. The lowest BCUT2D eigenvalue weighted by molar-refractivity contribution is 0.263. The number of hydrogen-bond acceptors (Lipinski definition) is 3. The third kappa shape index (κ3) is 3.93. The lowest BCUT2D eigenvalue weighted by atomic mass is 9.82. The van der Waals surface area contributed by atoms with Crippen molar-refractivity contribution in [3.63, 3.8) is 0 Å². The van der Waals surface area contributed by atoms with E-state index in [1.807, 2.05) is 27.7 Å². The maximum atomic E-state index is 13.6. The topological polar surface area (TPSA) is 72.2 Å². The molecule has 114 valence electrons. The smallest absolute Gasteiger partial charge is 0.241 e. The predicted molar refractivity (Wildman–Crippen MR) is 79.4 cm³/mol. The number of rotatable bonds is 4. The van der Waals surface area contributed by atoms with Gasteiger partial charge < -0.3 is 5.73 Å². The fourth-order valence-corrected chi connectivity index (χ4v) is 2.99. The summed E-state index contributed by atoms with van der Waals surface area (Å²) in [6.07, 6.45) is 0. The van der Waals surface area contributed by atoms with Crippen molar-refractivity contribution >= 4 is 15.7 Å². The lowest BCUT2D eigenvalue weighted by Gasteiger charge is -2.27. The Bertz CT molecular complexity index is 592. The van der Waals surface area contributed by atoms with Gasteiger partial charge in [-0.1, -0.05) is 27.7 Å². The molecule has 0 amide bonds. The van der Waals surface area contributed by atoms with Gasteiger partial charge in [0.15, 0.2) is 0 Å². The van der Waals surface area contributed by atoms with Crippen molar-refractivity contribution < 1.29 is 12.8 Å². The van der Waals surface area contributed by atoms with Crippen molar-refractivity contribution in [2.24, 2.45) is 11.3 Å². The minimum atomic E-state index is -3.76. The molecule has 0 saturated carbocycles. The Balaban J connectivity index is 3.02. The molecule has 0 radical (unpaired) electrons. The van der Waals surface area contributed by atoms with Crippen LogP contribution in [0.4, 0.5) is 10.1 Å². The minimum Gasteiger partial charge on any atom is -0.399 e. The van der Waals surface area contributed by atoms with E-state index in [1.54, 1.807) is 0 Å². The summed E-state index contributed by atoms with van der Waals surface area (Å²) < 4.78 is 40.6. The van der Waals surface area contributed by atoms with Crippen LogP contribution in [0.2, 0.25) is 0 Å². The number of sulfonamides is 1. The van der Waals surface area contributed by atoms with Gasteiger partial charge in [-0.15, -0.1) is 0 Å². The van der Waals surface area contributed by atoms with E-state index in [0.717, 1.165) is 6.07 Å². The quantitative estimate of drug-likeness (QED) is 0.840. The molecule has 0 aliphatic rings. The Labute approximate surface area is 120 Å². The summed E-state index contributed by atoms with van der Waals surface area (Å²) in [6.45, 7) is 9.81. The zero-order chi connectivity index (χ0) is 15.7. The lowest BCUT2D eigenvalue weighted by Crippen LogP contribution is -2.34. The van der Waals surface area contributed by atoms with E-state index >= 15 is 0 Å². The van der Waals surface area contributed by atoms with Gasteiger partial charge in [0.05, 0.1) is 4.90 Å². The summed E-state index contributed by atoms with van der Waals surface area (Å²) in [5, 5.41) is 0. The number of benzene rings is 1. The molecule has 0 spiro atoms. The van der Waals surface area contributed by atoms with Crippen LogP contribution in [0.15, 0.2) is 17.0 Å². The number of anilines is 1. The Morgan fingerprint density at radius 2 is 1.90 bits per heavy atom. The third-order valence-electron chi connectivity index (χ3n) is 3.67. The maximum Gasteiger partial charge on any atom is 0.241 e. The van der Waals surface area contributed by atoms with Crippen molar-refractivity contribution in [1.29, 1.82) is 0 Å². The van der Waals surface area contributed by atoms with Crippen LogP contribution in [-0.4, -0.2) is 15.0 Å². The van der Waals surface area contributed by atoms with Gasteiger partial charge in [0.25, 0.3) is 0 Å². The molecule has 0 aromatic heterocycles. The van der Waals surface area contributed by atoms with E-state index in [2.05, 4.69) is 4.72 Å². The Morgan fingerprint density at radius 1 is 1.35 bits per heavy atom. The molecule has 20 heavy (non-hydrogen) atoms. The van der Waals surface area contributed by atoms with Crippen LogP contribution < -0.4 is 10.5 Å². The largest absolute Gasteiger partial charge is 0.399 e. The highest BCUT2D eigenvalue weighted by Gasteiger charge is 2.24. The van der Waals surface area contributed by atoms with Gasteiger partial charge >= 0.3 is 0 Å². The molecule has 4 nitrogen and oxygen atoms in total. The number of nitrogens with two attached hydrogens (primary N) is 1. The molecule has 1 aromatic carbocycles. The Hall–Kier alpha value is -1.14. The van der Waals surface area contributed by atoms with Crippen molar-refractivity contribution in [2.75, 3.05) is 12.3 Å². The Kier molecular flexibility index (Phi) is 4.82. The molecule has 1 atom stereocenters. The summed E-state index contributed by atoms with van der Waals surface area (Å²) >= 11 is 0. The van der Waals surface area contributed by atoms with Gasteiger partial charge in [0, 0.05) is 17.8 Å². The van der Waals surface area contributed by atoms with Crippen LogP contribution in [-0.2, 0) is 10.0 Å². The first-order valence-corrected chi connectivity index (χ1v) is 7.98. The van der Waals surface area contributed by atoms with E-state index in [0.29, 0.717) is 6.54 Å². The normalized spacial score (nSPS) is 14.3. The molecule has 0 saturated heterocycles. The maximum absolute atomic E-state index is 13.6. The Morgan fingerprint density at radius 3 is 2.40 bits per heavy atom. The van der Waals surface area contributed by atoms with Crippen molar-refractivity contribution in [3.05, 3.63) is 23.5 Å². The van der Waals surface area contributed by atoms with Crippen LogP contribution in [0, 0.1) is 24.1 Å². The van der Waals surface area contributed by atoms with Crippen molar-refractivity contribution in [3.8, 4) is 0 Å². The highest BCUT2D eigenvalue weighted by Crippen LogP contribution is 2.26. The van der Waals surface area contributed by atoms with E-state index in [1.165, 1.54) is 13.0 Å². The first-order chi connectivity index (χ1) is 8.95. The van der Waals surface area contributed by atoms with E-state index < -0.39 is 15.8 Å². The summed E-state index contributed by atoms with van der Waals surface area (Å²) in [7, 11) is -3.76. The molecule has 1 unspecified atom stereocenters. The number of nitrogens with one attached hydrogen (secondary N) is 1. The molecule has 0 fully saturated rings. The fraction of sp³-hybridized carbons (Fsp3) is 0.571. The highest BCUT2D eigenvalue weighted by molar-refractivity contribution is 7.89. The zero-order valence-electron chi connectivity index (χ0n) is 12.6. The molecule has 3 N–H and O–H groups in total. The first-order valence-electron chi connectivity index (χ1n) is 6.50. The molecule has 0 aliphatic carbocycles. The molecule has 1 aromatic rings. The number of halogens is 1. The first kappa shape index (κ1) is 16.9. The monoisotopic (exact) mass is 302 g/mol. The summed E-state index contributed by atoms with van der Waals surface area (Å²) in [4.78, 5) is -0.101. The van der Waals surface area contributed by atoms with E-state index in [4.69, 9.17) is 5.73 Å². The molecular formula is C14H23FN2O2S. The molecule has 6 heteroatoms. The van der Waals surface area contributed by atoms with E-state index in [-0.39, 0.29) is 27.5 Å². The number of hydrogen-bond donors (Lipinski definition) is 2. The average Bonchev–Trinajstić information content (AvgIpc) is 2.29. The van der Waals surface area contributed by atoms with Crippen molar-refractivity contribution in [2.45, 2.75) is 39.5 Å².